The Morgan fingerprint density at radius 3 is 2.78 bits per heavy atom. The van der Waals surface area contributed by atoms with Gasteiger partial charge in [-0.15, -0.1) is 6.58 Å². The zero-order valence-electron chi connectivity index (χ0n) is 10.7. The molecule has 0 bridgehead atoms. The molecule has 0 aliphatic carbocycles. The standard InChI is InChI=1S/C14H19NO3/c1-3-10-17-11-9-15(2)14(16)18-12-13-7-5-4-6-8-13/h3-8H,1,9-12H2,2H3. The molecule has 0 N–H and O–H groups in total. The molecule has 1 rings (SSSR count). The summed E-state index contributed by atoms with van der Waals surface area (Å²) in [5.41, 5.74) is 0.974. The fraction of sp³-hybridized carbons (Fsp3) is 0.357. The SMILES string of the molecule is C=CCOCCN(C)C(=O)OCc1ccccc1. The van der Waals surface area contributed by atoms with E-state index in [1.165, 1.54) is 4.90 Å². The maximum atomic E-state index is 11.6. The molecular weight excluding hydrogens is 230 g/mol. The number of nitrogens with zero attached hydrogens (tertiary/aromatic N) is 1. The molecule has 1 aromatic rings. The zero-order chi connectivity index (χ0) is 13.2. The van der Waals surface area contributed by atoms with Crippen molar-refractivity contribution in [2.75, 3.05) is 26.8 Å². The molecule has 0 fully saturated rings. The van der Waals surface area contributed by atoms with Crippen molar-refractivity contribution in [3.63, 3.8) is 0 Å². The van der Waals surface area contributed by atoms with Gasteiger partial charge in [0, 0.05) is 13.6 Å². The van der Waals surface area contributed by atoms with E-state index in [1.807, 2.05) is 30.3 Å². The molecule has 0 unspecified atom stereocenters. The summed E-state index contributed by atoms with van der Waals surface area (Å²) < 4.78 is 10.4. The van der Waals surface area contributed by atoms with Crippen LogP contribution in [0.2, 0.25) is 0 Å². The van der Waals surface area contributed by atoms with E-state index in [9.17, 15) is 4.79 Å². The number of carbonyl (C=O) groups excluding carboxylic acids is 1. The Kier molecular flexibility index (Phi) is 6.58. The first-order valence-corrected chi connectivity index (χ1v) is 5.84. The van der Waals surface area contributed by atoms with E-state index in [-0.39, 0.29) is 12.7 Å². The Labute approximate surface area is 108 Å². The van der Waals surface area contributed by atoms with Crippen molar-refractivity contribution in [3.8, 4) is 0 Å². The van der Waals surface area contributed by atoms with Gasteiger partial charge in [0.25, 0.3) is 0 Å². The Balaban J connectivity index is 2.21. The number of hydrogen-bond acceptors (Lipinski definition) is 3. The van der Waals surface area contributed by atoms with Crippen LogP contribution in [0.3, 0.4) is 0 Å². The van der Waals surface area contributed by atoms with Gasteiger partial charge in [0.15, 0.2) is 0 Å². The van der Waals surface area contributed by atoms with Crippen LogP contribution in [-0.2, 0) is 16.1 Å². The fourth-order valence-electron chi connectivity index (χ4n) is 1.29. The number of ether oxygens (including phenoxy) is 2. The third-order valence-corrected chi connectivity index (χ3v) is 2.32. The second-order valence-corrected chi connectivity index (χ2v) is 3.83. The van der Waals surface area contributed by atoms with Crippen LogP contribution in [0.1, 0.15) is 5.56 Å². The van der Waals surface area contributed by atoms with Gasteiger partial charge in [-0.3, -0.25) is 0 Å². The molecular formula is C14H19NO3. The van der Waals surface area contributed by atoms with E-state index in [1.54, 1.807) is 13.1 Å². The van der Waals surface area contributed by atoms with Gasteiger partial charge in [-0.1, -0.05) is 36.4 Å². The second-order valence-electron chi connectivity index (χ2n) is 3.83. The Hall–Kier alpha value is -1.81. The van der Waals surface area contributed by atoms with Crippen LogP contribution in [0.15, 0.2) is 43.0 Å². The first kappa shape index (κ1) is 14.3. The van der Waals surface area contributed by atoms with Crippen molar-refractivity contribution in [2.45, 2.75) is 6.61 Å². The van der Waals surface area contributed by atoms with Gasteiger partial charge in [-0.25, -0.2) is 4.79 Å². The lowest BCUT2D eigenvalue weighted by molar-refractivity contribution is 0.0865. The minimum atomic E-state index is -0.346. The molecule has 18 heavy (non-hydrogen) atoms. The highest BCUT2D eigenvalue weighted by Gasteiger charge is 2.09. The third-order valence-electron chi connectivity index (χ3n) is 2.32. The number of rotatable bonds is 7. The third kappa shape index (κ3) is 5.50. The van der Waals surface area contributed by atoms with Gasteiger partial charge in [-0.05, 0) is 5.56 Å². The number of hydrogen-bond donors (Lipinski definition) is 0. The van der Waals surface area contributed by atoms with E-state index in [2.05, 4.69) is 6.58 Å². The van der Waals surface area contributed by atoms with Gasteiger partial charge in [0.1, 0.15) is 6.61 Å². The summed E-state index contributed by atoms with van der Waals surface area (Å²) in [6.07, 6.45) is 1.33. The maximum absolute atomic E-state index is 11.6. The molecule has 0 saturated carbocycles. The number of likely N-dealkylation sites (N-methyl/N-ethyl adjacent to an activating group) is 1. The number of benzene rings is 1. The highest BCUT2D eigenvalue weighted by molar-refractivity contribution is 5.67. The predicted octanol–water partition coefficient (Wildman–Crippen LogP) is 2.46. The van der Waals surface area contributed by atoms with E-state index >= 15 is 0 Å². The Morgan fingerprint density at radius 2 is 2.11 bits per heavy atom. The van der Waals surface area contributed by atoms with Crippen LogP contribution >= 0.6 is 0 Å². The van der Waals surface area contributed by atoms with Crippen molar-refractivity contribution in [1.29, 1.82) is 0 Å². The molecule has 4 nitrogen and oxygen atoms in total. The van der Waals surface area contributed by atoms with Crippen molar-refractivity contribution < 1.29 is 14.3 Å². The monoisotopic (exact) mass is 249 g/mol. The van der Waals surface area contributed by atoms with Crippen molar-refractivity contribution >= 4 is 6.09 Å². The van der Waals surface area contributed by atoms with Crippen LogP contribution in [0.25, 0.3) is 0 Å². The van der Waals surface area contributed by atoms with Crippen molar-refractivity contribution in [3.05, 3.63) is 48.6 Å². The number of amides is 1. The van der Waals surface area contributed by atoms with Crippen LogP contribution in [0, 0.1) is 0 Å². The van der Waals surface area contributed by atoms with Crippen LogP contribution < -0.4 is 0 Å². The van der Waals surface area contributed by atoms with E-state index in [4.69, 9.17) is 9.47 Å². The van der Waals surface area contributed by atoms with Gasteiger partial charge in [0.2, 0.25) is 0 Å². The van der Waals surface area contributed by atoms with Gasteiger partial charge in [-0.2, -0.15) is 0 Å². The summed E-state index contributed by atoms with van der Waals surface area (Å²) in [6.45, 7) is 5.30. The zero-order valence-corrected chi connectivity index (χ0v) is 10.7. The van der Waals surface area contributed by atoms with E-state index in [0.717, 1.165) is 5.56 Å². The molecule has 0 atom stereocenters. The normalized spacial score (nSPS) is 9.83. The molecule has 0 saturated heterocycles. The summed E-state index contributed by atoms with van der Waals surface area (Å²) in [6, 6.07) is 9.58. The Bertz CT molecular complexity index is 365. The molecule has 0 radical (unpaired) electrons. The minimum absolute atomic E-state index is 0.289. The van der Waals surface area contributed by atoms with Gasteiger partial charge >= 0.3 is 6.09 Å². The Morgan fingerprint density at radius 1 is 1.39 bits per heavy atom. The maximum Gasteiger partial charge on any atom is 0.409 e. The lowest BCUT2D eigenvalue weighted by atomic mass is 10.2. The first-order valence-electron chi connectivity index (χ1n) is 5.84. The first-order chi connectivity index (χ1) is 8.74. The molecule has 1 amide bonds. The second kappa shape index (κ2) is 8.31. The minimum Gasteiger partial charge on any atom is -0.445 e. The largest absolute Gasteiger partial charge is 0.445 e. The van der Waals surface area contributed by atoms with Crippen LogP contribution in [0.4, 0.5) is 4.79 Å². The van der Waals surface area contributed by atoms with Crippen LogP contribution in [0.5, 0.6) is 0 Å². The smallest absolute Gasteiger partial charge is 0.409 e. The summed E-state index contributed by atoms with van der Waals surface area (Å²) in [5, 5.41) is 0. The molecule has 98 valence electrons. The lowest BCUT2D eigenvalue weighted by Crippen LogP contribution is -2.30. The highest BCUT2D eigenvalue weighted by atomic mass is 16.6. The topological polar surface area (TPSA) is 38.8 Å². The van der Waals surface area contributed by atoms with E-state index < -0.39 is 0 Å². The van der Waals surface area contributed by atoms with Gasteiger partial charge in [0.05, 0.1) is 13.2 Å². The predicted molar refractivity (Wildman–Crippen MR) is 70.3 cm³/mol. The van der Waals surface area contributed by atoms with Gasteiger partial charge < -0.3 is 14.4 Å². The summed E-state index contributed by atoms with van der Waals surface area (Å²) >= 11 is 0. The summed E-state index contributed by atoms with van der Waals surface area (Å²) in [5.74, 6) is 0. The quantitative estimate of drug-likeness (QED) is 0.550. The molecule has 1 aromatic carbocycles. The van der Waals surface area contributed by atoms with Crippen molar-refractivity contribution in [2.24, 2.45) is 0 Å². The molecule has 4 heteroatoms. The summed E-state index contributed by atoms with van der Waals surface area (Å²) in [4.78, 5) is 13.1. The van der Waals surface area contributed by atoms with E-state index in [0.29, 0.717) is 19.8 Å². The average molecular weight is 249 g/mol. The van der Waals surface area contributed by atoms with Crippen LogP contribution in [-0.4, -0.2) is 37.8 Å². The lowest BCUT2D eigenvalue weighted by Gasteiger charge is -2.16. The average Bonchev–Trinajstić information content (AvgIpc) is 2.42. The molecule has 0 aliphatic heterocycles. The molecule has 0 aromatic heterocycles. The molecule has 0 aliphatic rings. The summed E-state index contributed by atoms with van der Waals surface area (Å²) in [7, 11) is 1.69. The molecule has 0 spiro atoms. The van der Waals surface area contributed by atoms with Crippen molar-refractivity contribution in [1.82, 2.24) is 4.90 Å². The fourth-order valence-corrected chi connectivity index (χ4v) is 1.29. The molecule has 0 heterocycles. The highest BCUT2D eigenvalue weighted by Crippen LogP contribution is 2.02. The number of carbonyl (C=O) groups is 1.